The molecule has 10 nitrogen and oxygen atoms in total. The molecule has 8 bridgehead atoms. The van der Waals surface area contributed by atoms with Crippen molar-refractivity contribution in [3.63, 3.8) is 0 Å². The Labute approximate surface area is 333 Å². The topological polar surface area (TPSA) is 136 Å². The van der Waals surface area contributed by atoms with E-state index >= 15 is 0 Å². The van der Waals surface area contributed by atoms with Crippen LogP contribution in [0.3, 0.4) is 0 Å². The molecule has 7 heterocycles. The number of pyridine rings is 2. The van der Waals surface area contributed by atoms with Gasteiger partial charge < -0.3 is 19.4 Å². The average molecular weight is 761 g/mol. The van der Waals surface area contributed by atoms with E-state index in [1.165, 1.54) is 0 Å². The zero-order chi connectivity index (χ0) is 39.6. The molecule has 7 aromatic rings. The number of hydrogen-bond donors (Lipinski definition) is 2. The second kappa shape index (κ2) is 15.4. The van der Waals surface area contributed by atoms with Gasteiger partial charge >= 0.3 is 11.9 Å². The Kier molecular flexibility index (Phi) is 9.56. The third kappa shape index (κ3) is 6.77. The molecule has 0 amide bonds. The number of H-pyrrole nitrogens is 2. The molecule has 2 aromatic carbocycles. The van der Waals surface area contributed by atoms with Crippen LogP contribution in [0, 0.1) is 0 Å². The maximum absolute atomic E-state index is 12.6. The Morgan fingerprint density at radius 1 is 0.431 bits per heavy atom. The number of benzene rings is 2. The lowest BCUT2D eigenvalue weighted by Gasteiger charge is -2.08. The second-order valence-electron chi connectivity index (χ2n) is 13.6. The molecular weight excluding hydrogens is 725 g/mol. The van der Waals surface area contributed by atoms with Crippen LogP contribution in [0.25, 0.3) is 90.9 Å². The number of hydrogen-bond acceptors (Lipinski definition) is 8. The molecule has 2 aliphatic heterocycles. The van der Waals surface area contributed by atoms with E-state index in [1.807, 2.05) is 72.8 Å². The van der Waals surface area contributed by atoms with Gasteiger partial charge in [0.05, 0.1) is 47.1 Å². The van der Waals surface area contributed by atoms with Crippen LogP contribution in [0.4, 0.5) is 0 Å². The highest BCUT2D eigenvalue weighted by atomic mass is 16.5. The van der Waals surface area contributed by atoms with Crippen LogP contribution in [0.15, 0.2) is 122 Å². The summed E-state index contributed by atoms with van der Waals surface area (Å²) in [6.45, 7) is 4.17. The number of fused-ring (bicyclic) bond motifs is 8. The van der Waals surface area contributed by atoms with Crippen molar-refractivity contribution in [3.8, 4) is 44.5 Å². The predicted octanol–water partition coefficient (Wildman–Crippen LogP) is 10.5. The van der Waals surface area contributed by atoms with Gasteiger partial charge in [0.15, 0.2) is 0 Å². The molecule has 0 saturated heterocycles. The molecule has 0 aliphatic carbocycles. The van der Waals surface area contributed by atoms with Gasteiger partial charge in [-0.3, -0.25) is 9.97 Å². The number of aromatic amines is 2. The van der Waals surface area contributed by atoms with E-state index in [4.69, 9.17) is 19.4 Å². The quantitative estimate of drug-likeness (QED) is 0.146. The summed E-state index contributed by atoms with van der Waals surface area (Å²) in [6, 6.07) is 30.9. The molecule has 5 aromatic heterocycles. The number of nitrogens with one attached hydrogen (secondary N) is 2. The van der Waals surface area contributed by atoms with Gasteiger partial charge in [-0.2, -0.15) is 0 Å². The molecule has 282 valence electrons. The maximum Gasteiger partial charge on any atom is 0.338 e. The van der Waals surface area contributed by atoms with Crippen LogP contribution in [-0.4, -0.2) is 55.1 Å². The van der Waals surface area contributed by atoms with Gasteiger partial charge in [0.2, 0.25) is 0 Å². The zero-order valence-corrected chi connectivity index (χ0v) is 31.7. The normalized spacial score (nSPS) is 11.8. The Morgan fingerprint density at radius 2 is 0.724 bits per heavy atom. The zero-order valence-electron chi connectivity index (χ0n) is 31.7. The van der Waals surface area contributed by atoms with E-state index < -0.39 is 0 Å². The second-order valence-corrected chi connectivity index (χ2v) is 13.6. The van der Waals surface area contributed by atoms with E-state index in [1.54, 1.807) is 62.9 Å². The highest BCUT2D eigenvalue weighted by Crippen LogP contribution is 2.38. The summed E-state index contributed by atoms with van der Waals surface area (Å²) in [4.78, 5) is 51.9. The first-order valence-corrected chi connectivity index (χ1v) is 19.0. The van der Waals surface area contributed by atoms with Gasteiger partial charge in [0, 0.05) is 69.1 Å². The molecule has 0 saturated carbocycles. The minimum Gasteiger partial charge on any atom is -0.462 e. The van der Waals surface area contributed by atoms with Gasteiger partial charge in [-0.15, -0.1) is 0 Å². The Balaban J connectivity index is 1.39. The van der Waals surface area contributed by atoms with Crippen molar-refractivity contribution < 1.29 is 19.1 Å². The summed E-state index contributed by atoms with van der Waals surface area (Å²) in [6.07, 6.45) is 15.2. The summed E-state index contributed by atoms with van der Waals surface area (Å²) in [5.41, 5.74) is 14.4. The number of carbonyl (C=O) groups excluding carboxylic acids is 2. The first-order chi connectivity index (χ1) is 28.5. The van der Waals surface area contributed by atoms with Gasteiger partial charge in [-0.25, -0.2) is 19.6 Å². The molecule has 2 N–H and O–H groups in total. The lowest BCUT2D eigenvalue weighted by atomic mass is 10.0. The number of carbonyl (C=O) groups is 2. The highest BCUT2D eigenvalue weighted by molar-refractivity contribution is 6.00. The molecule has 0 unspecified atom stereocenters. The lowest BCUT2D eigenvalue weighted by molar-refractivity contribution is 0.0517. The summed E-state index contributed by atoms with van der Waals surface area (Å²) in [5.74, 6) is -0.746. The summed E-state index contributed by atoms with van der Waals surface area (Å²) in [7, 11) is 0. The smallest absolute Gasteiger partial charge is 0.338 e. The monoisotopic (exact) mass is 760 g/mol. The molecule has 10 heteroatoms. The van der Waals surface area contributed by atoms with E-state index in [-0.39, 0.29) is 11.9 Å². The largest absolute Gasteiger partial charge is 0.462 e. The molecule has 0 radical (unpaired) electrons. The molecule has 0 atom stereocenters. The standard InChI is InChI=1S/C48H36N6O4/c1-3-57-47(55)33-9-5-29(6-10-33)43-35-13-17-39(51-35)45(31-21-25-49-26-22-31)41-19-15-37(53-41)44(30-7-11-34(12-8-30)48(56)58-4-2)38-16-20-42(54-38)46(32-23-27-50-28-24-32)40-18-14-36(43)52-40/h5-28,51,54H,3-4H2,1-2H3. The molecule has 0 spiro atoms. The minimum atomic E-state index is -0.373. The van der Waals surface area contributed by atoms with Crippen molar-refractivity contribution in [3.05, 3.63) is 156 Å². The van der Waals surface area contributed by atoms with Crippen LogP contribution in [-0.2, 0) is 9.47 Å². The Hall–Kier alpha value is -7.72. The minimum absolute atomic E-state index is 0.293. The van der Waals surface area contributed by atoms with Crippen LogP contribution < -0.4 is 0 Å². The van der Waals surface area contributed by atoms with Crippen molar-refractivity contribution in [1.29, 1.82) is 0 Å². The lowest BCUT2D eigenvalue weighted by Crippen LogP contribution is -2.04. The van der Waals surface area contributed by atoms with Crippen molar-refractivity contribution in [2.24, 2.45) is 0 Å². The predicted molar refractivity (Wildman–Crippen MR) is 228 cm³/mol. The van der Waals surface area contributed by atoms with Crippen molar-refractivity contribution in [1.82, 2.24) is 29.9 Å². The number of nitrogens with zero attached hydrogens (tertiary/aromatic N) is 4. The molecule has 58 heavy (non-hydrogen) atoms. The van der Waals surface area contributed by atoms with Crippen LogP contribution in [0.1, 0.15) is 57.3 Å². The third-order valence-corrected chi connectivity index (χ3v) is 10.1. The van der Waals surface area contributed by atoms with E-state index in [0.717, 1.165) is 89.4 Å². The third-order valence-electron chi connectivity index (χ3n) is 10.1. The van der Waals surface area contributed by atoms with Crippen LogP contribution in [0.2, 0.25) is 0 Å². The average Bonchev–Trinajstić information content (AvgIpc) is 4.11. The Bertz CT molecular complexity index is 2730. The first kappa shape index (κ1) is 35.9. The van der Waals surface area contributed by atoms with Gasteiger partial charge in [0.1, 0.15) is 0 Å². The number of rotatable bonds is 8. The highest BCUT2D eigenvalue weighted by Gasteiger charge is 2.20. The summed E-state index contributed by atoms with van der Waals surface area (Å²) >= 11 is 0. The van der Waals surface area contributed by atoms with Gasteiger partial charge in [0.25, 0.3) is 0 Å². The Morgan fingerprint density at radius 3 is 1.02 bits per heavy atom. The van der Waals surface area contributed by atoms with Crippen molar-refractivity contribution >= 4 is 58.3 Å². The number of esters is 2. The van der Waals surface area contributed by atoms with Crippen molar-refractivity contribution in [2.45, 2.75) is 13.8 Å². The summed E-state index contributed by atoms with van der Waals surface area (Å²) < 4.78 is 10.5. The van der Waals surface area contributed by atoms with E-state index in [0.29, 0.717) is 24.3 Å². The van der Waals surface area contributed by atoms with Crippen LogP contribution >= 0.6 is 0 Å². The maximum atomic E-state index is 12.6. The van der Waals surface area contributed by atoms with E-state index in [9.17, 15) is 9.59 Å². The molecule has 0 fully saturated rings. The van der Waals surface area contributed by atoms with E-state index in [2.05, 4.69) is 44.2 Å². The van der Waals surface area contributed by atoms with Gasteiger partial charge in [-0.05, 0) is 133 Å². The number of ether oxygens (including phenoxy) is 2. The fourth-order valence-corrected chi connectivity index (χ4v) is 7.43. The van der Waals surface area contributed by atoms with Crippen LogP contribution in [0.5, 0.6) is 0 Å². The fourth-order valence-electron chi connectivity index (χ4n) is 7.43. The number of aromatic nitrogens is 6. The SMILES string of the molecule is CCOC(=O)c1ccc(-c2c3nc(c(-c4ccncc4)c4ccc([nH]4)c(-c4ccc(C(=O)OCC)cc4)c4nc(c(-c5ccncc5)c5ccc2[nH]5)C=C4)C=C3)cc1. The molecular formula is C48H36N6O4. The first-order valence-electron chi connectivity index (χ1n) is 19.0. The van der Waals surface area contributed by atoms with Gasteiger partial charge in [-0.1, -0.05) is 24.3 Å². The summed E-state index contributed by atoms with van der Waals surface area (Å²) in [5, 5.41) is 0. The van der Waals surface area contributed by atoms with Crippen molar-refractivity contribution in [2.75, 3.05) is 13.2 Å². The molecule has 2 aliphatic rings. The fraction of sp³-hybridized carbons (Fsp3) is 0.0833. The molecule has 9 rings (SSSR count).